The van der Waals surface area contributed by atoms with Crippen LogP contribution < -0.4 is 5.32 Å². The first-order valence-corrected chi connectivity index (χ1v) is 11.7. The molecule has 0 saturated heterocycles. The lowest BCUT2D eigenvalue weighted by Gasteiger charge is -2.37. The van der Waals surface area contributed by atoms with Crippen molar-refractivity contribution < 1.29 is 24.3 Å². The van der Waals surface area contributed by atoms with E-state index in [1.54, 1.807) is 52.3 Å². The summed E-state index contributed by atoms with van der Waals surface area (Å²) in [7, 11) is 0. The smallest absolute Gasteiger partial charge is 0.351 e. The van der Waals surface area contributed by atoms with Crippen LogP contribution in [0.4, 0.5) is 4.79 Å². The van der Waals surface area contributed by atoms with Gasteiger partial charge in [-0.15, -0.1) is 0 Å². The first-order valence-electron chi connectivity index (χ1n) is 11.7. The molecule has 2 aromatic heterocycles. The van der Waals surface area contributed by atoms with Gasteiger partial charge in [-0.25, -0.2) is 14.8 Å². The van der Waals surface area contributed by atoms with E-state index in [2.05, 4.69) is 20.3 Å². The van der Waals surface area contributed by atoms with Crippen molar-refractivity contribution in [1.29, 1.82) is 0 Å². The summed E-state index contributed by atoms with van der Waals surface area (Å²) >= 11 is 0. The van der Waals surface area contributed by atoms with Crippen LogP contribution in [0.15, 0.2) is 6.20 Å². The average Bonchev–Trinajstić information content (AvgIpc) is 3.16. The highest BCUT2D eigenvalue weighted by atomic mass is 16.7. The summed E-state index contributed by atoms with van der Waals surface area (Å²) in [6, 6.07) is -1.23. The number of urea groups is 1. The molecule has 2 atom stereocenters. The lowest BCUT2D eigenvalue weighted by Crippen LogP contribution is -2.54. The Bertz CT molecular complexity index is 1100. The van der Waals surface area contributed by atoms with Gasteiger partial charge in [-0.2, -0.15) is 5.06 Å². The minimum atomic E-state index is -0.765. The number of imidazole rings is 2. The standard InChI is InChI=1S/C23H35N7O5/c1-8-35-30(23(5,6)7)22(34)29(16-11-17(16)31)19(32)9-10-24-21(33)20-13(2)26-15(4)28(20)18-12-25-14(3)27-18/h12,16-17,31H,8-11H2,1-7H3,(H,24,33)(H,25,27). The molecule has 1 saturated carbocycles. The molecule has 12 heteroatoms. The van der Waals surface area contributed by atoms with Crippen LogP contribution in [-0.4, -0.2) is 83.3 Å². The van der Waals surface area contributed by atoms with E-state index in [9.17, 15) is 19.5 Å². The lowest BCUT2D eigenvalue weighted by atomic mass is 10.1. The maximum Gasteiger partial charge on any atom is 0.351 e. The molecular weight excluding hydrogens is 454 g/mol. The second-order valence-corrected chi connectivity index (χ2v) is 9.59. The minimum absolute atomic E-state index is 0.0000856. The molecule has 1 fully saturated rings. The maximum atomic E-state index is 13.2. The predicted molar refractivity (Wildman–Crippen MR) is 127 cm³/mol. The van der Waals surface area contributed by atoms with Gasteiger partial charge in [-0.3, -0.25) is 23.9 Å². The molecule has 1 aliphatic carbocycles. The maximum absolute atomic E-state index is 13.2. The topological polar surface area (TPSA) is 146 Å². The van der Waals surface area contributed by atoms with Crippen LogP contribution in [0, 0.1) is 20.8 Å². The predicted octanol–water partition coefficient (Wildman–Crippen LogP) is 1.77. The van der Waals surface area contributed by atoms with Gasteiger partial charge in [-0.1, -0.05) is 0 Å². The molecule has 0 aliphatic heterocycles. The van der Waals surface area contributed by atoms with Crippen LogP contribution in [0.1, 0.15) is 68.4 Å². The Balaban J connectivity index is 1.71. The number of carbonyl (C=O) groups is 3. The number of aromatic nitrogens is 4. The Labute approximate surface area is 204 Å². The quantitative estimate of drug-likeness (QED) is 0.479. The number of aliphatic hydroxyl groups excluding tert-OH is 1. The molecule has 0 bridgehead atoms. The number of H-pyrrole nitrogens is 1. The zero-order valence-corrected chi connectivity index (χ0v) is 21.4. The van der Waals surface area contributed by atoms with E-state index >= 15 is 0 Å². The van der Waals surface area contributed by atoms with E-state index in [4.69, 9.17) is 4.84 Å². The van der Waals surface area contributed by atoms with E-state index in [-0.39, 0.29) is 19.6 Å². The third-order valence-corrected chi connectivity index (χ3v) is 5.56. The number of hydroxylamine groups is 2. The number of imide groups is 1. The van der Waals surface area contributed by atoms with Gasteiger partial charge in [0.25, 0.3) is 5.91 Å². The van der Waals surface area contributed by atoms with Crippen molar-refractivity contribution in [3.05, 3.63) is 29.2 Å². The molecule has 0 radical (unpaired) electrons. The van der Waals surface area contributed by atoms with Gasteiger partial charge < -0.3 is 15.4 Å². The molecule has 35 heavy (non-hydrogen) atoms. The number of aliphatic hydroxyl groups is 1. The SMILES string of the molecule is CCON(C(=O)N(C(=O)CCNC(=O)c1c(C)nc(C)n1-c1cnc(C)[nH]1)C1CC1O)C(C)(C)C. The highest BCUT2D eigenvalue weighted by Crippen LogP contribution is 2.31. The van der Waals surface area contributed by atoms with Crippen molar-refractivity contribution in [2.45, 2.75) is 79.0 Å². The Morgan fingerprint density at radius 1 is 1.29 bits per heavy atom. The summed E-state index contributed by atoms with van der Waals surface area (Å²) in [5.74, 6) is 1.02. The molecule has 2 heterocycles. The van der Waals surface area contributed by atoms with Crippen LogP contribution in [0.2, 0.25) is 0 Å². The van der Waals surface area contributed by atoms with Gasteiger partial charge in [0.1, 0.15) is 23.2 Å². The van der Waals surface area contributed by atoms with Gasteiger partial charge in [0, 0.05) is 13.0 Å². The fourth-order valence-corrected chi connectivity index (χ4v) is 3.88. The molecule has 0 spiro atoms. The fraction of sp³-hybridized carbons (Fsp3) is 0.609. The summed E-state index contributed by atoms with van der Waals surface area (Å²) in [6.45, 7) is 12.7. The third kappa shape index (κ3) is 5.70. The highest BCUT2D eigenvalue weighted by Gasteiger charge is 2.48. The summed E-state index contributed by atoms with van der Waals surface area (Å²) < 4.78 is 1.67. The van der Waals surface area contributed by atoms with Crippen molar-refractivity contribution in [2.24, 2.45) is 0 Å². The number of aromatic amines is 1. The van der Waals surface area contributed by atoms with Crippen LogP contribution in [-0.2, 0) is 9.63 Å². The molecular formula is C23H35N7O5. The highest BCUT2D eigenvalue weighted by molar-refractivity contribution is 5.97. The van der Waals surface area contributed by atoms with Crippen LogP contribution in [0.3, 0.4) is 0 Å². The van der Waals surface area contributed by atoms with Crippen LogP contribution >= 0.6 is 0 Å². The minimum Gasteiger partial charge on any atom is -0.391 e. The van der Waals surface area contributed by atoms with E-state index in [1.165, 1.54) is 0 Å². The molecule has 0 aromatic carbocycles. The van der Waals surface area contributed by atoms with Crippen LogP contribution in [0.5, 0.6) is 0 Å². The fourth-order valence-electron chi connectivity index (χ4n) is 3.88. The van der Waals surface area contributed by atoms with Crippen molar-refractivity contribution >= 4 is 17.8 Å². The summed E-state index contributed by atoms with van der Waals surface area (Å²) in [5.41, 5.74) is 0.173. The summed E-state index contributed by atoms with van der Waals surface area (Å²) in [6.07, 6.45) is 1.04. The normalized spacial score (nSPS) is 17.3. The van der Waals surface area contributed by atoms with Gasteiger partial charge in [0.15, 0.2) is 0 Å². The molecule has 1 aliphatic rings. The van der Waals surface area contributed by atoms with E-state index in [1.807, 2.05) is 6.92 Å². The first kappa shape index (κ1) is 26.4. The van der Waals surface area contributed by atoms with Crippen molar-refractivity contribution in [3.8, 4) is 5.82 Å². The number of amides is 4. The molecule has 4 amide bonds. The number of rotatable bonds is 8. The second-order valence-electron chi connectivity index (χ2n) is 9.59. The zero-order valence-electron chi connectivity index (χ0n) is 21.4. The number of nitrogens with one attached hydrogen (secondary N) is 2. The first-order chi connectivity index (χ1) is 16.4. The number of hydrogen-bond acceptors (Lipinski definition) is 7. The second kappa shape index (κ2) is 10.2. The van der Waals surface area contributed by atoms with Crippen LogP contribution in [0.25, 0.3) is 5.82 Å². The molecule has 3 rings (SSSR count). The average molecular weight is 490 g/mol. The number of aryl methyl sites for hydroxylation is 3. The Morgan fingerprint density at radius 2 is 1.94 bits per heavy atom. The van der Waals surface area contributed by atoms with Crippen molar-refractivity contribution in [3.63, 3.8) is 0 Å². The molecule has 2 unspecified atom stereocenters. The molecule has 3 N–H and O–H groups in total. The lowest BCUT2D eigenvalue weighted by molar-refractivity contribution is -0.173. The third-order valence-electron chi connectivity index (χ3n) is 5.56. The van der Waals surface area contributed by atoms with E-state index < -0.39 is 35.5 Å². The Hall–Kier alpha value is -3.25. The number of carbonyl (C=O) groups excluding carboxylic acids is 3. The Morgan fingerprint density at radius 3 is 2.46 bits per heavy atom. The monoisotopic (exact) mass is 489 g/mol. The largest absolute Gasteiger partial charge is 0.391 e. The number of hydrogen-bond donors (Lipinski definition) is 3. The van der Waals surface area contributed by atoms with Gasteiger partial charge in [0.2, 0.25) is 5.91 Å². The van der Waals surface area contributed by atoms with E-state index in [0.717, 1.165) is 9.96 Å². The Kier molecular flexibility index (Phi) is 7.65. The molecule has 192 valence electrons. The summed E-state index contributed by atoms with van der Waals surface area (Å²) in [5, 5.41) is 13.9. The van der Waals surface area contributed by atoms with Gasteiger partial charge in [0.05, 0.1) is 36.2 Å². The molecule has 12 nitrogen and oxygen atoms in total. The summed E-state index contributed by atoms with van der Waals surface area (Å²) in [4.78, 5) is 57.5. The van der Waals surface area contributed by atoms with Gasteiger partial charge >= 0.3 is 6.03 Å². The van der Waals surface area contributed by atoms with Crippen molar-refractivity contribution in [2.75, 3.05) is 13.2 Å². The zero-order chi connectivity index (χ0) is 26.1. The number of nitrogens with zero attached hydrogens (tertiary/aromatic N) is 5. The van der Waals surface area contributed by atoms with Gasteiger partial charge in [-0.05, 0) is 54.9 Å². The van der Waals surface area contributed by atoms with E-state index in [0.29, 0.717) is 35.3 Å². The molecule has 2 aromatic rings. The van der Waals surface area contributed by atoms with Crippen molar-refractivity contribution in [1.82, 2.24) is 34.8 Å².